The van der Waals surface area contributed by atoms with Crippen molar-refractivity contribution in [1.29, 1.82) is 0 Å². The van der Waals surface area contributed by atoms with Crippen molar-refractivity contribution in [1.82, 2.24) is 0 Å². The van der Waals surface area contributed by atoms with Crippen molar-refractivity contribution in [2.24, 2.45) is 5.92 Å². The number of hydrogen-bond donors (Lipinski definition) is 1. The average molecular weight is 262 g/mol. The first-order chi connectivity index (χ1) is 9.28. The molecule has 1 aliphatic heterocycles. The molecule has 0 aromatic heterocycles. The Bertz CT molecular complexity index is 438. The minimum absolute atomic E-state index is 0.177. The molecule has 2 atom stereocenters. The third-order valence-corrected chi connectivity index (χ3v) is 4.49. The van der Waals surface area contributed by atoms with Gasteiger partial charge in [-0.05, 0) is 37.0 Å². The monoisotopic (exact) mass is 262 g/mol. The lowest BCUT2D eigenvalue weighted by Crippen LogP contribution is -2.34. The van der Waals surface area contributed by atoms with Crippen LogP contribution in [0.3, 0.4) is 0 Å². The molecule has 0 radical (unpaired) electrons. The SMILES string of the molecule is COc1ccc2c(c1)[C@@H](O)CC(C1CCCCC1)O2. The highest BCUT2D eigenvalue weighted by Gasteiger charge is 2.33. The van der Waals surface area contributed by atoms with Gasteiger partial charge in [0.05, 0.1) is 13.2 Å². The normalized spacial score (nSPS) is 27.5. The van der Waals surface area contributed by atoms with Gasteiger partial charge < -0.3 is 14.6 Å². The van der Waals surface area contributed by atoms with E-state index in [1.807, 2.05) is 18.2 Å². The van der Waals surface area contributed by atoms with Crippen molar-refractivity contribution in [2.45, 2.75) is 50.7 Å². The van der Waals surface area contributed by atoms with Gasteiger partial charge in [0.1, 0.15) is 17.6 Å². The highest BCUT2D eigenvalue weighted by molar-refractivity contribution is 5.43. The van der Waals surface area contributed by atoms with E-state index < -0.39 is 6.10 Å². The molecule has 1 saturated carbocycles. The van der Waals surface area contributed by atoms with Gasteiger partial charge in [0.15, 0.2) is 0 Å². The molecule has 2 aliphatic rings. The van der Waals surface area contributed by atoms with Crippen molar-refractivity contribution in [3.63, 3.8) is 0 Å². The maximum absolute atomic E-state index is 10.3. The summed E-state index contributed by atoms with van der Waals surface area (Å²) in [6.45, 7) is 0. The molecule has 19 heavy (non-hydrogen) atoms. The van der Waals surface area contributed by atoms with E-state index in [9.17, 15) is 5.11 Å². The second kappa shape index (κ2) is 5.41. The summed E-state index contributed by atoms with van der Waals surface area (Å²) in [6, 6.07) is 5.71. The maximum atomic E-state index is 10.3. The Morgan fingerprint density at radius 2 is 2.00 bits per heavy atom. The molecular weight excluding hydrogens is 240 g/mol. The lowest BCUT2D eigenvalue weighted by atomic mass is 9.81. The zero-order chi connectivity index (χ0) is 13.2. The van der Waals surface area contributed by atoms with Crippen molar-refractivity contribution in [3.8, 4) is 11.5 Å². The highest BCUT2D eigenvalue weighted by atomic mass is 16.5. The van der Waals surface area contributed by atoms with Crippen molar-refractivity contribution in [2.75, 3.05) is 7.11 Å². The third kappa shape index (κ3) is 2.57. The molecule has 1 aliphatic carbocycles. The topological polar surface area (TPSA) is 38.7 Å². The van der Waals surface area contributed by atoms with Gasteiger partial charge in [0.2, 0.25) is 0 Å². The second-order valence-electron chi connectivity index (χ2n) is 5.71. The van der Waals surface area contributed by atoms with Gasteiger partial charge in [-0.2, -0.15) is 0 Å². The number of hydrogen-bond acceptors (Lipinski definition) is 3. The van der Waals surface area contributed by atoms with Crippen molar-refractivity contribution >= 4 is 0 Å². The summed E-state index contributed by atoms with van der Waals surface area (Å²) in [7, 11) is 1.64. The molecule has 104 valence electrons. The van der Waals surface area contributed by atoms with E-state index in [1.54, 1.807) is 7.11 Å². The molecule has 1 heterocycles. The molecule has 1 N–H and O–H groups in total. The molecule has 1 unspecified atom stereocenters. The molecule has 1 fully saturated rings. The Morgan fingerprint density at radius 3 is 2.74 bits per heavy atom. The lowest BCUT2D eigenvalue weighted by molar-refractivity contribution is 0.0232. The molecule has 3 heteroatoms. The van der Waals surface area contributed by atoms with Gasteiger partial charge in [-0.3, -0.25) is 0 Å². The van der Waals surface area contributed by atoms with Crippen LogP contribution in [0.4, 0.5) is 0 Å². The van der Waals surface area contributed by atoms with Crippen LogP contribution >= 0.6 is 0 Å². The Kier molecular flexibility index (Phi) is 3.65. The standard InChI is InChI=1S/C16H22O3/c1-18-12-7-8-15-13(9-12)14(17)10-16(19-15)11-5-3-2-4-6-11/h7-9,11,14,16-17H,2-6,10H2,1H3/t14-,16?/m0/s1. The van der Waals surface area contributed by atoms with E-state index in [0.29, 0.717) is 12.3 Å². The molecule has 3 nitrogen and oxygen atoms in total. The Morgan fingerprint density at radius 1 is 1.21 bits per heavy atom. The second-order valence-corrected chi connectivity index (χ2v) is 5.71. The van der Waals surface area contributed by atoms with Crippen LogP contribution in [0, 0.1) is 5.92 Å². The van der Waals surface area contributed by atoms with Crippen LogP contribution in [-0.2, 0) is 0 Å². The number of aliphatic hydroxyl groups excluding tert-OH is 1. The van der Waals surface area contributed by atoms with Crippen LogP contribution in [0.2, 0.25) is 0 Å². The fourth-order valence-corrected chi connectivity index (χ4v) is 3.37. The average Bonchev–Trinajstić information content (AvgIpc) is 2.48. The maximum Gasteiger partial charge on any atom is 0.125 e. The summed E-state index contributed by atoms with van der Waals surface area (Å²) in [5.74, 6) is 2.21. The van der Waals surface area contributed by atoms with Gasteiger partial charge in [0, 0.05) is 12.0 Å². The Balaban J connectivity index is 1.79. The Hall–Kier alpha value is -1.22. The van der Waals surface area contributed by atoms with Crippen LogP contribution in [0.1, 0.15) is 50.2 Å². The molecular formula is C16H22O3. The molecule has 0 amide bonds. The zero-order valence-electron chi connectivity index (χ0n) is 11.5. The fourth-order valence-electron chi connectivity index (χ4n) is 3.37. The number of fused-ring (bicyclic) bond motifs is 1. The zero-order valence-corrected chi connectivity index (χ0v) is 11.5. The molecule has 1 aromatic carbocycles. The smallest absolute Gasteiger partial charge is 0.125 e. The summed E-state index contributed by atoms with van der Waals surface area (Å²) >= 11 is 0. The van der Waals surface area contributed by atoms with Crippen LogP contribution in [-0.4, -0.2) is 18.3 Å². The minimum atomic E-state index is -0.425. The first kappa shape index (κ1) is 12.8. The van der Waals surface area contributed by atoms with Crippen LogP contribution in [0.15, 0.2) is 18.2 Å². The van der Waals surface area contributed by atoms with E-state index in [1.165, 1.54) is 32.1 Å². The molecule has 0 saturated heterocycles. The van der Waals surface area contributed by atoms with E-state index in [-0.39, 0.29) is 6.10 Å². The molecule has 3 rings (SSSR count). The molecule has 1 aromatic rings. The van der Waals surface area contributed by atoms with Gasteiger partial charge in [-0.25, -0.2) is 0 Å². The van der Waals surface area contributed by atoms with Gasteiger partial charge >= 0.3 is 0 Å². The quantitative estimate of drug-likeness (QED) is 0.887. The summed E-state index contributed by atoms with van der Waals surface area (Å²) < 4.78 is 11.3. The lowest BCUT2D eigenvalue weighted by Gasteiger charge is -2.36. The largest absolute Gasteiger partial charge is 0.497 e. The number of rotatable bonds is 2. The van der Waals surface area contributed by atoms with Crippen molar-refractivity contribution < 1.29 is 14.6 Å². The van der Waals surface area contributed by atoms with Gasteiger partial charge in [-0.1, -0.05) is 19.3 Å². The number of ether oxygens (including phenoxy) is 2. The van der Waals surface area contributed by atoms with Crippen LogP contribution in [0.5, 0.6) is 11.5 Å². The van der Waals surface area contributed by atoms with E-state index in [4.69, 9.17) is 9.47 Å². The molecule has 0 spiro atoms. The molecule has 0 bridgehead atoms. The van der Waals surface area contributed by atoms with E-state index in [2.05, 4.69) is 0 Å². The van der Waals surface area contributed by atoms with Gasteiger partial charge in [0.25, 0.3) is 0 Å². The predicted molar refractivity (Wildman–Crippen MR) is 73.6 cm³/mol. The van der Waals surface area contributed by atoms with Crippen LogP contribution < -0.4 is 9.47 Å². The minimum Gasteiger partial charge on any atom is -0.497 e. The van der Waals surface area contributed by atoms with E-state index >= 15 is 0 Å². The number of methoxy groups -OCH3 is 1. The summed E-state index contributed by atoms with van der Waals surface area (Å²) in [4.78, 5) is 0. The van der Waals surface area contributed by atoms with E-state index in [0.717, 1.165) is 17.1 Å². The number of benzene rings is 1. The van der Waals surface area contributed by atoms with Crippen LogP contribution in [0.25, 0.3) is 0 Å². The highest BCUT2D eigenvalue weighted by Crippen LogP contribution is 2.41. The summed E-state index contributed by atoms with van der Waals surface area (Å²) in [6.07, 6.45) is 6.89. The van der Waals surface area contributed by atoms with Gasteiger partial charge in [-0.15, -0.1) is 0 Å². The number of aliphatic hydroxyl groups is 1. The summed E-state index contributed by atoms with van der Waals surface area (Å²) in [5.41, 5.74) is 0.867. The fraction of sp³-hybridized carbons (Fsp3) is 0.625. The first-order valence-corrected chi connectivity index (χ1v) is 7.30. The Labute approximate surface area is 114 Å². The summed E-state index contributed by atoms with van der Waals surface area (Å²) in [5, 5.41) is 10.3. The first-order valence-electron chi connectivity index (χ1n) is 7.30. The van der Waals surface area contributed by atoms with Crippen molar-refractivity contribution in [3.05, 3.63) is 23.8 Å². The third-order valence-electron chi connectivity index (χ3n) is 4.49. The predicted octanol–water partition coefficient (Wildman–Crippen LogP) is 3.46.